The first-order chi connectivity index (χ1) is 8.54. The number of rotatable bonds is 0. The van der Waals surface area contributed by atoms with Gasteiger partial charge in [0.25, 0.3) is 0 Å². The Hall–Kier alpha value is -1.89. The Labute approximate surface area is 107 Å². The van der Waals surface area contributed by atoms with Crippen LogP contribution in [0.5, 0.6) is 0 Å². The molecule has 90 valence electrons. The lowest BCUT2D eigenvalue weighted by Gasteiger charge is -2.19. The minimum absolute atomic E-state index is 0.168. The van der Waals surface area contributed by atoms with Crippen molar-refractivity contribution in [3.63, 3.8) is 0 Å². The maximum atomic E-state index is 4.75. The van der Waals surface area contributed by atoms with Crippen LogP contribution in [0.3, 0.4) is 0 Å². The Morgan fingerprint density at radius 1 is 0.778 bits per heavy atom. The maximum Gasteiger partial charge on any atom is 0.0712 e. The molecule has 1 aromatic heterocycles. The van der Waals surface area contributed by atoms with Gasteiger partial charge in [0.15, 0.2) is 0 Å². The number of para-hydroxylation sites is 1. The van der Waals surface area contributed by atoms with E-state index in [9.17, 15) is 0 Å². The lowest BCUT2D eigenvalue weighted by atomic mass is 9.86. The number of hydrogen-bond acceptors (Lipinski definition) is 1. The molecule has 0 saturated carbocycles. The summed E-state index contributed by atoms with van der Waals surface area (Å²) in [5.41, 5.74) is 3.65. The summed E-state index contributed by atoms with van der Waals surface area (Å²) in [4.78, 5) is 4.75. The van der Waals surface area contributed by atoms with Crippen molar-refractivity contribution < 1.29 is 0 Å². The van der Waals surface area contributed by atoms with E-state index in [0.717, 1.165) is 11.0 Å². The van der Waals surface area contributed by atoms with E-state index in [1.54, 1.807) is 0 Å². The molecule has 0 unspecified atom stereocenters. The molecule has 1 heterocycles. The molecule has 0 bridgehead atoms. The molecule has 0 aliphatic heterocycles. The van der Waals surface area contributed by atoms with Crippen molar-refractivity contribution in [3.05, 3.63) is 54.1 Å². The van der Waals surface area contributed by atoms with Gasteiger partial charge in [0.1, 0.15) is 0 Å². The van der Waals surface area contributed by atoms with Gasteiger partial charge in [0.05, 0.1) is 11.0 Å². The minimum atomic E-state index is 0.168. The number of hydrogen-bond donors (Lipinski definition) is 0. The normalized spacial score (nSPS) is 12.2. The summed E-state index contributed by atoms with van der Waals surface area (Å²) >= 11 is 0. The fourth-order valence-corrected chi connectivity index (χ4v) is 2.24. The molecule has 3 aromatic rings. The van der Waals surface area contributed by atoms with Crippen molar-refractivity contribution in [3.8, 4) is 0 Å². The van der Waals surface area contributed by atoms with Crippen LogP contribution in [-0.2, 0) is 5.41 Å². The first kappa shape index (κ1) is 11.2. The van der Waals surface area contributed by atoms with Gasteiger partial charge in [-0.05, 0) is 29.2 Å². The van der Waals surface area contributed by atoms with Gasteiger partial charge in [-0.15, -0.1) is 0 Å². The minimum Gasteiger partial charge on any atom is -0.248 e. The SMILES string of the molecule is CC(C)(C)c1ccc2cc3ccccc3nc2c1. The summed E-state index contributed by atoms with van der Waals surface area (Å²) < 4.78 is 0. The van der Waals surface area contributed by atoms with Gasteiger partial charge in [-0.1, -0.05) is 51.1 Å². The predicted molar refractivity (Wildman–Crippen MR) is 77.9 cm³/mol. The predicted octanol–water partition coefficient (Wildman–Crippen LogP) is 4.69. The fraction of sp³-hybridized carbons (Fsp3) is 0.235. The summed E-state index contributed by atoms with van der Waals surface area (Å²) in [7, 11) is 0. The van der Waals surface area contributed by atoms with Gasteiger partial charge in [-0.25, -0.2) is 4.98 Å². The van der Waals surface area contributed by atoms with E-state index in [2.05, 4.69) is 63.2 Å². The van der Waals surface area contributed by atoms with Crippen LogP contribution in [-0.4, -0.2) is 4.98 Å². The van der Waals surface area contributed by atoms with Crippen molar-refractivity contribution >= 4 is 21.8 Å². The van der Waals surface area contributed by atoms with Crippen molar-refractivity contribution in [1.82, 2.24) is 4.98 Å². The molecule has 18 heavy (non-hydrogen) atoms. The van der Waals surface area contributed by atoms with Crippen molar-refractivity contribution in [2.75, 3.05) is 0 Å². The highest BCUT2D eigenvalue weighted by molar-refractivity contribution is 5.92. The summed E-state index contributed by atoms with van der Waals surface area (Å²) in [6.07, 6.45) is 0. The molecule has 1 nitrogen and oxygen atoms in total. The van der Waals surface area contributed by atoms with E-state index in [4.69, 9.17) is 4.98 Å². The maximum absolute atomic E-state index is 4.75. The second kappa shape index (κ2) is 3.81. The quantitative estimate of drug-likeness (QED) is 0.515. The van der Waals surface area contributed by atoms with Crippen molar-refractivity contribution in [1.29, 1.82) is 0 Å². The van der Waals surface area contributed by atoms with Crippen LogP contribution in [0.4, 0.5) is 0 Å². The molecular formula is C17H17N. The third kappa shape index (κ3) is 1.86. The summed E-state index contributed by atoms with van der Waals surface area (Å²) in [6.45, 7) is 6.69. The van der Waals surface area contributed by atoms with Gasteiger partial charge >= 0.3 is 0 Å². The molecule has 0 fully saturated rings. The highest BCUT2D eigenvalue weighted by Gasteiger charge is 2.14. The van der Waals surface area contributed by atoms with Gasteiger partial charge in [-0.2, -0.15) is 0 Å². The third-order valence-corrected chi connectivity index (χ3v) is 3.39. The second-order valence-corrected chi connectivity index (χ2v) is 5.84. The summed E-state index contributed by atoms with van der Waals surface area (Å²) in [5.74, 6) is 0. The van der Waals surface area contributed by atoms with Gasteiger partial charge in [0, 0.05) is 10.8 Å². The molecule has 0 saturated heterocycles. The molecule has 0 spiro atoms. The van der Waals surface area contributed by atoms with Crippen molar-refractivity contribution in [2.24, 2.45) is 0 Å². The van der Waals surface area contributed by atoms with Crippen LogP contribution in [0.1, 0.15) is 26.3 Å². The van der Waals surface area contributed by atoms with Crippen LogP contribution < -0.4 is 0 Å². The first-order valence-corrected chi connectivity index (χ1v) is 6.34. The molecule has 3 rings (SSSR count). The van der Waals surface area contributed by atoms with Crippen LogP contribution in [0.2, 0.25) is 0 Å². The van der Waals surface area contributed by atoms with Gasteiger partial charge < -0.3 is 0 Å². The Kier molecular flexibility index (Phi) is 2.37. The summed E-state index contributed by atoms with van der Waals surface area (Å²) in [6, 6.07) is 17.1. The summed E-state index contributed by atoms with van der Waals surface area (Å²) in [5, 5.41) is 2.41. The van der Waals surface area contributed by atoms with Crippen LogP contribution in [0.15, 0.2) is 48.5 Å². The Balaban J connectivity index is 2.31. The molecule has 0 atom stereocenters. The monoisotopic (exact) mass is 235 g/mol. The molecule has 0 N–H and O–H groups in total. The smallest absolute Gasteiger partial charge is 0.0712 e. The lowest BCUT2D eigenvalue weighted by molar-refractivity contribution is 0.591. The number of benzene rings is 2. The van der Waals surface area contributed by atoms with E-state index >= 15 is 0 Å². The first-order valence-electron chi connectivity index (χ1n) is 6.34. The largest absolute Gasteiger partial charge is 0.248 e. The molecule has 0 radical (unpaired) electrons. The number of fused-ring (bicyclic) bond motifs is 2. The van der Waals surface area contributed by atoms with E-state index < -0.39 is 0 Å². The average molecular weight is 235 g/mol. The van der Waals surface area contributed by atoms with Gasteiger partial charge in [0.2, 0.25) is 0 Å². The lowest BCUT2D eigenvalue weighted by Crippen LogP contribution is -2.10. The van der Waals surface area contributed by atoms with E-state index in [0.29, 0.717) is 0 Å². The second-order valence-electron chi connectivity index (χ2n) is 5.84. The zero-order valence-corrected chi connectivity index (χ0v) is 11.1. The molecule has 1 heteroatoms. The van der Waals surface area contributed by atoms with E-state index in [1.165, 1.54) is 16.3 Å². The topological polar surface area (TPSA) is 12.9 Å². The van der Waals surface area contributed by atoms with Crippen LogP contribution in [0.25, 0.3) is 21.8 Å². The third-order valence-electron chi connectivity index (χ3n) is 3.39. The molecule has 0 aliphatic carbocycles. The molecular weight excluding hydrogens is 218 g/mol. The standard InChI is InChI=1S/C17H17N/c1-17(2,3)14-9-8-13-10-12-6-4-5-7-15(12)18-16(13)11-14/h4-11H,1-3H3. The molecule has 0 amide bonds. The Morgan fingerprint density at radius 2 is 1.50 bits per heavy atom. The van der Waals surface area contributed by atoms with E-state index in [1.807, 2.05) is 6.07 Å². The van der Waals surface area contributed by atoms with Crippen molar-refractivity contribution in [2.45, 2.75) is 26.2 Å². The molecule has 2 aromatic carbocycles. The number of pyridine rings is 1. The Bertz CT molecular complexity index is 720. The Morgan fingerprint density at radius 3 is 2.28 bits per heavy atom. The van der Waals surface area contributed by atoms with Crippen LogP contribution >= 0.6 is 0 Å². The number of aromatic nitrogens is 1. The highest BCUT2D eigenvalue weighted by Crippen LogP contribution is 2.27. The zero-order chi connectivity index (χ0) is 12.8. The van der Waals surface area contributed by atoms with Gasteiger partial charge in [-0.3, -0.25) is 0 Å². The zero-order valence-electron chi connectivity index (χ0n) is 11.1. The average Bonchev–Trinajstić information content (AvgIpc) is 2.34. The molecule has 0 aliphatic rings. The number of nitrogens with zero attached hydrogens (tertiary/aromatic N) is 1. The van der Waals surface area contributed by atoms with Crippen LogP contribution in [0, 0.1) is 0 Å². The van der Waals surface area contributed by atoms with E-state index in [-0.39, 0.29) is 5.41 Å². The highest BCUT2D eigenvalue weighted by atomic mass is 14.7. The fourth-order valence-electron chi connectivity index (χ4n) is 2.24.